The van der Waals surface area contributed by atoms with E-state index in [0.29, 0.717) is 26.2 Å². The number of thiophene rings is 1. The second kappa shape index (κ2) is 8.47. The lowest BCUT2D eigenvalue weighted by Gasteiger charge is -2.27. The first kappa shape index (κ1) is 18.6. The molecule has 5 nitrogen and oxygen atoms in total. The Morgan fingerprint density at radius 2 is 1.73 bits per heavy atom. The molecule has 6 heteroatoms. The Balaban J connectivity index is 1.61. The molecule has 0 aliphatic carbocycles. The molecule has 1 saturated heterocycles. The van der Waals surface area contributed by atoms with Crippen LogP contribution < -0.4 is 5.73 Å². The Labute approximate surface area is 158 Å². The second-order valence-corrected chi connectivity index (χ2v) is 7.49. The van der Waals surface area contributed by atoms with Crippen LogP contribution >= 0.6 is 11.3 Å². The Morgan fingerprint density at radius 3 is 2.42 bits per heavy atom. The summed E-state index contributed by atoms with van der Waals surface area (Å²) in [5, 5.41) is 3.78. The van der Waals surface area contributed by atoms with Gasteiger partial charge in [0.2, 0.25) is 5.91 Å². The van der Waals surface area contributed by atoms with Crippen LogP contribution in [-0.4, -0.2) is 47.8 Å². The molecule has 3 rings (SSSR count). The molecule has 1 aromatic heterocycles. The summed E-state index contributed by atoms with van der Waals surface area (Å²) in [5.74, 6) is -0.183. The SMILES string of the molecule is CC(C(=O)N1CCCN(C(=O)c2ccsc2)CC1)C(N)c1ccccc1. The van der Waals surface area contributed by atoms with Gasteiger partial charge in [-0.15, -0.1) is 0 Å². The molecule has 138 valence electrons. The quantitative estimate of drug-likeness (QED) is 0.899. The third kappa shape index (κ3) is 4.14. The van der Waals surface area contributed by atoms with E-state index in [-0.39, 0.29) is 23.8 Å². The fourth-order valence-corrected chi connectivity index (χ4v) is 3.94. The second-order valence-electron chi connectivity index (χ2n) is 6.71. The van der Waals surface area contributed by atoms with Crippen molar-refractivity contribution in [3.63, 3.8) is 0 Å². The van der Waals surface area contributed by atoms with Crippen LogP contribution in [0, 0.1) is 5.92 Å². The summed E-state index contributed by atoms with van der Waals surface area (Å²) in [4.78, 5) is 29.1. The number of amides is 2. The topological polar surface area (TPSA) is 66.6 Å². The van der Waals surface area contributed by atoms with Crippen molar-refractivity contribution in [2.75, 3.05) is 26.2 Å². The lowest BCUT2D eigenvalue weighted by molar-refractivity contribution is -0.135. The molecule has 2 N–H and O–H groups in total. The zero-order valence-corrected chi connectivity index (χ0v) is 15.8. The number of benzene rings is 1. The molecule has 1 aromatic carbocycles. The summed E-state index contributed by atoms with van der Waals surface area (Å²) in [7, 11) is 0. The molecule has 1 fully saturated rings. The standard InChI is InChI=1S/C20H25N3O2S/c1-15(18(21)16-6-3-2-4-7-16)19(24)22-9-5-10-23(12-11-22)20(25)17-8-13-26-14-17/h2-4,6-8,13-15,18H,5,9-12,21H2,1H3. The summed E-state index contributed by atoms with van der Waals surface area (Å²) in [6.07, 6.45) is 0.787. The largest absolute Gasteiger partial charge is 0.341 e. The van der Waals surface area contributed by atoms with E-state index in [1.54, 1.807) is 0 Å². The van der Waals surface area contributed by atoms with E-state index in [1.165, 1.54) is 11.3 Å². The van der Waals surface area contributed by atoms with Crippen molar-refractivity contribution < 1.29 is 9.59 Å². The van der Waals surface area contributed by atoms with Gasteiger partial charge in [-0.3, -0.25) is 9.59 Å². The summed E-state index contributed by atoms with van der Waals surface area (Å²) in [6.45, 7) is 4.35. The summed E-state index contributed by atoms with van der Waals surface area (Å²) < 4.78 is 0. The normalized spacial score (nSPS) is 17.5. The zero-order chi connectivity index (χ0) is 18.5. The van der Waals surface area contributed by atoms with Gasteiger partial charge in [0.1, 0.15) is 0 Å². The lowest BCUT2D eigenvalue weighted by atomic mass is 9.94. The van der Waals surface area contributed by atoms with Gasteiger partial charge in [0.25, 0.3) is 5.91 Å². The molecule has 1 aliphatic heterocycles. The first-order valence-corrected chi connectivity index (χ1v) is 9.93. The molecule has 0 spiro atoms. The number of nitrogens with zero attached hydrogens (tertiary/aromatic N) is 2. The summed E-state index contributed by atoms with van der Waals surface area (Å²) in [5.41, 5.74) is 8.01. The van der Waals surface area contributed by atoms with Crippen molar-refractivity contribution in [3.05, 3.63) is 58.3 Å². The van der Waals surface area contributed by atoms with Gasteiger partial charge in [-0.2, -0.15) is 11.3 Å². The van der Waals surface area contributed by atoms with Crippen LogP contribution in [0.1, 0.15) is 35.3 Å². The minimum Gasteiger partial charge on any atom is -0.341 e. The van der Waals surface area contributed by atoms with Gasteiger partial charge in [0.05, 0.1) is 11.5 Å². The molecule has 2 heterocycles. The van der Waals surface area contributed by atoms with Crippen LogP contribution in [0.2, 0.25) is 0 Å². The van der Waals surface area contributed by atoms with Crippen molar-refractivity contribution in [1.82, 2.24) is 9.80 Å². The minimum absolute atomic E-state index is 0.0505. The molecule has 0 bridgehead atoms. The van der Waals surface area contributed by atoms with Crippen LogP contribution in [0.3, 0.4) is 0 Å². The smallest absolute Gasteiger partial charge is 0.254 e. The van der Waals surface area contributed by atoms with Crippen molar-refractivity contribution >= 4 is 23.2 Å². The maximum atomic E-state index is 12.9. The fourth-order valence-electron chi connectivity index (χ4n) is 3.32. The summed E-state index contributed by atoms with van der Waals surface area (Å²) >= 11 is 1.52. The third-order valence-electron chi connectivity index (χ3n) is 4.98. The van der Waals surface area contributed by atoms with E-state index in [4.69, 9.17) is 5.73 Å². The first-order valence-electron chi connectivity index (χ1n) is 8.98. The fraction of sp³-hybridized carbons (Fsp3) is 0.400. The predicted octanol–water partition coefficient (Wildman–Crippen LogP) is 2.76. The molecule has 2 unspecified atom stereocenters. The van der Waals surface area contributed by atoms with Crippen LogP contribution in [-0.2, 0) is 4.79 Å². The number of rotatable bonds is 4. The van der Waals surface area contributed by atoms with Crippen LogP contribution in [0.25, 0.3) is 0 Å². The van der Waals surface area contributed by atoms with Gasteiger partial charge >= 0.3 is 0 Å². The number of carbonyl (C=O) groups excluding carboxylic acids is 2. The molecule has 0 radical (unpaired) electrons. The molecule has 1 aliphatic rings. The maximum absolute atomic E-state index is 12.9. The van der Waals surface area contributed by atoms with Gasteiger partial charge in [0.15, 0.2) is 0 Å². The van der Waals surface area contributed by atoms with Crippen molar-refractivity contribution in [3.8, 4) is 0 Å². The van der Waals surface area contributed by atoms with E-state index in [2.05, 4.69) is 0 Å². The Morgan fingerprint density at radius 1 is 1.04 bits per heavy atom. The van der Waals surface area contributed by atoms with Gasteiger partial charge in [0, 0.05) is 37.6 Å². The Kier molecular flexibility index (Phi) is 6.06. The monoisotopic (exact) mass is 371 g/mol. The molecule has 2 amide bonds. The number of carbonyl (C=O) groups is 2. The highest BCUT2D eigenvalue weighted by Gasteiger charge is 2.29. The predicted molar refractivity (Wildman–Crippen MR) is 104 cm³/mol. The maximum Gasteiger partial charge on any atom is 0.254 e. The number of hydrogen-bond acceptors (Lipinski definition) is 4. The lowest BCUT2D eigenvalue weighted by Crippen LogP contribution is -2.42. The number of nitrogens with two attached hydrogens (primary N) is 1. The van der Waals surface area contributed by atoms with E-state index in [1.807, 2.05) is 63.9 Å². The van der Waals surface area contributed by atoms with Crippen LogP contribution in [0.4, 0.5) is 0 Å². The van der Waals surface area contributed by atoms with Crippen LogP contribution in [0.5, 0.6) is 0 Å². The molecular formula is C20H25N3O2S. The average Bonchev–Trinajstić information content (AvgIpc) is 3.11. The van der Waals surface area contributed by atoms with Gasteiger partial charge < -0.3 is 15.5 Å². The van der Waals surface area contributed by atoms with E-state index in [0.717, 1.165) is 17.5 Å². The highest BCUT2D eigenvalue weighted by atomic mass is 32.1. The molecule has 2 atom stereocenters. The van der Waals surface area contributed by atoms with E-state index >= 15 is 0 Å². The first-order chi connectivity index (χ1) is 12.6. The van der Waals surface area contributed by atoms with E-state index in [9.17, 15) is 9.59 Å². The Hall–Kier alpha value is -2.18. The van der Waals surface area contributed by atoms with Crippen molar-refractivity contribution in [1.29, 1.82) is 0 Å². The van der Waals surface area contributed by atoms with Crippen LogP contribution in [0.15, 0.2) is 47.2 Å². The molecule has 0 saturated carbocycles. The van der Waals surface area contributed by atoms with Gasteiger partial charge in [-0.25, -0.2) is 0 Å². The van der Waals surface area contributed by atoms with Gasteiger partial charge in [-0.1, -0.05) is 37.3 Å². The average molecular weight is 372 g/mol. The van der Waals surface area contributed by atoms with E-state index < -0.39 is 0 Å². The van der Waals surface area contributed by atoms with Crippen molar-refractivity contribution in [2.45, 2.75) is 19.4 Å². The molecular weight excluding hydrogens is 346 g/mol. The van der Waals surface area contributed by atoms with Gasteiger partial charge in [-0.05, 0) is 23.4 Å². The molecule has 26 heavy (non-hydrogen) atoms. The highest BCUT2D eigenvalue weighted by molar-refractivity contribution is 7.08. The highest BCUT2D eigenvalue weighted by Crippen LogP contribution is 2.22. The zero-order valence-electron chi connectivity index (χ0n) is 15.0. The number of hydrogen-bond donors (Lipinski definition) is 1. The minimum atomic E-state index is -0.324. The Bertz CT molecular complexity index is 733. The van der Waals surface area contributed by atoms with Crippen molar-refractivity contribution in [2.24, 2.45) is 11.7 Å². The third-order valence-corrected chi connectivity index (χ3v) is 5.66. The molecule has 2 aromatic rings. The summed E-state index contributed by atoms with van der Waals surface area (Å²) in [6, 6.07) is 11.3.